The molecular weight excluding hydrogens is 320 g/mol. The molecule has 2 aromatic carbocycles. The Kier molecular flexibility index (Phi) is 5.69. The molecule has 0 saturated heterocycles. The summed E-state index contributed by atoms with van der Waals surface area (Å²) >= 11 is 1.72. The smallest absolute Gasteiger partial charge is 0.226 e. The summed E-state index contributed by atoms with van der Waals surface area (Å²) in [5.41, 5.74) is 1.55. The zero-order valence-electron chi connectivity index (χ0n) is 13.1. The molecule has 4 nitrogen and oxygen atoms in total. The first-order chi connectivity index (χ1) is 11.8. The summed E-state index contributed by atoms with van der Waals surface area (Å²) in [6, 6.07) is 19.8. The van der Waals surface area contributed by atoms with Gasteiger partial charge in [-0.25, -0.2) is 4.98 Å². The Morgan fingerprint density at radius 3 is 2.50 bits per heavy atom. The van der Waals surface area contributed by atoms with E-state index in [9.17, 15) is 4.79 Å². The SMILES string of the molecule is O=C(Cc1coc(-c2ccccc2)n1)NCCSc1ccccc1. The number of hydrogen-bond donors (Lipinski definition) is 1. The summed E-state index contributed by atoms with van der Waals surface area (Å²) in [7, 11) is 0. The van der Waals surface area contributed by atoms with Gasteiger partial charge in [0.05, 0.1) is 12.1 Å². The van der Waals surface area contributed by atoms with Crippen molar-refractivity contribution < 1.29 is 9.21 Å². The number of hydrogen-bond acceptors (Lipinski definition) is 4. The number of rotatable bonds is 7. The maximum Gasteiger partial charge on any atom is 0.226 e. The average Bonchev–Trinajstić information content (AvgIpc) is 3.09. The van der Waals surface area contributed by atoms with Gasteiger partial charge in [0, 0.05) is 22.8 Å². The van der Waals surface area contributed by atoms with Gasteiger partial charge in [-0.2, -0.15) is 0 Å². The Morgan fingerprint density at radius 1 is 1.04 bits per heavy atom. The van der Waals surface area contributed by atoms with Crippen molar-refractivity contribution in [2.24, 2.45) is 0 Å². The maximum absolute atomic E-state index is 12.0. The molecule has 1 N–H and O–H groups in total. The molecule has 0 aliphatic carbocycles. The normalized spacial score (nSPS) is 10.5. The van der Waals surface area contributed by atoms with Crippen LogP contribution in [0.1, 0.15) is 5.69 Å². The molecule has 122 valence electrons. The molecule has 0 radical (unpaired) electrons. The molecule has 3 aromatic rings. The Morgan fingerprint density at radius 2 is 1.75 bits per heavy atom. The third kappa shape index (κ3) is 4.73. The lowest BCUT2D eigenvalue weighted by Crippen LogP contribution is -2.27. The fourth-order valence-corrected chi connectivity index (χ4v) is 2.99. The van der Waals surface area contributed by atoms with Crippen LogP contribution in [0.2, 0.25) is 0 Å². The van der Waals surface area contributed by atoms with Crippen molar-refractivity contribution in [3.05, 3.63) is 72.6 Å². The minimum atomic E-state index is -0.0448. The van der Waals surface area contributed by atoms with Gasteiger partial charge < -0.3 is 9.73 Å². The second-order valence-corrected chi connectivity index (χ2v) is 6.37. The van der Waals surface area contributed by atoms with Crippen LogP contribution in [0.4, 0.5) is 0 Å². The Hall–Kier alpha value is -2.53. The second kappa shape index (κ2) is 8.36. The number of amides is 1. The standard InChI is InChI=1S/C19H18N2O2S/c22-18(20-11-12-24-17-9-5-2-6-10-17)13-16-14-23-19(21-16)15-7-3-1-4-8-15/h1-10,14H,11-13H2,(H,20,22). The van der Waals surface area contributed by atoms with Gasteiger partial charge >= 0.3 is 0 Å². The minimum absolute atomic E-state index is 0.0448. The van der Waals surface area contributed by atoms with Crippen molar-refractivity contribution in [1.82, 2.24) is 10.3 Å². The molecule has 0 aliphatic rings. The summed E-state index contributed by atoms with van der Waals surface area (Å²) in [5, 5.41) is 2.91. The monoisotopic (exact) mass is 338 g/mol. The summed E-state index contributed by atoms with van der Waals surface area (Å²) in [6.07, 6.45) is 1.77. The Balaban J connectivity index is 1.43. The largest absolute Gasteiger partial charge is 0.444 e. The molecular formula is C19H18N2O2S. The number of aromatic nitrogens is 1. The van der Waals surface area contributed by atoms with Crippen molar-refractivity contribution in [1.29, 1.82) is 0 Å². The van der Waals surface area contributed by atoms with E-state index >= 15 is 0 Å². The van der Waals surface area contributed by atoms with Crippen LogP contribution >= 0.6 is 11.8 Å². The third-order valence-electron chi connectivity index (χ3n) is 3.35. The van der Waals surface area contributed by atoms with Gasteiger partial charge in [-0.3, -0.25) is 4.79 Å². The van der Waals surface area contributed by atoms with Crippen molar-refractivity contribution in [2.75, 3.05) is 12.3 Å². The van der Waals surface area contributed by atoms with Crippen LogP contribution in [0.5, 0.6) is 0 Å². The first-order valence-corrected chi connectivity index (χ1v) is 8.74. The minimum Gasteiger partial charge on any atom is -0.444 e. The highest BCUT2D eigenvalue weighted by atomic mass is 32.2. The van der Waals surface area contributed by atoms with Gasteiger partial charge in [-0.05, 0) is 24.3 Å². The molecule has 0 aliphatic heterocycles. The van der Waals surface area contributed by atoms with Crippen LogP contribution in [-0.2, 0) is 11.2 Å². The molecule has 5 heteroatoms. The van der Waals surface area contributed by atoms with Gasteiger partial charge in [-0.1, -0.05) is 36.4 Å². The van der Waals surface area contributed by atoms with E-state index in [2.05, 4.69) is 22.4 Å². The zero-order chi connectivity index (χ0) is 16.6. The Labute approximate surface area is 145 Å². The zero-order valence-corrected chi connectivity index (χ0v) is 14.0. The third-order valence-corrected chi connectivity index (χ3v) is 4.36. The fraction of sp³-hybridized carbons (Fsp3) is 0.158. The van der Waals surface area contributed by atoms with Crippen molar-refractivity contribution >= 4 is 17.7 Å². The molecule has 0 unspecified atom stereocenters. The van der Waals surface area contributed by atoms with E-state index < -0.39 is 0 Å². The number of oxazole rings is 1. The number of carbonyl (C=O) groups excluding carboxylic acids is 1. The van der Waals surface area contributed by atoms with Crippen LogP contribution in [0.15, 0.2) is 76.2 Å². The first-order valence-electron chi connectivity index (χ1n) is 7.75. The summed E-state index contributed by atoms with van der Waals surface area (Å²) in [6.45, 7) is 0.627. The van der Waals surface area contributed by atoms with Crippen LogP contribution in [0.3, 0.4) is 0 Å². The van der Waals surface area contributed by atoms with Crippen LogP contribution in [-0.4, -0.2) is 23.2 Å². The van der Waals surface area contributed by atoms with Crippen molar-refractivity contribution in [3.8, 4) is 11.5 Å². The summed E-state index contributed by atoms with van der Waals surface area (Å²) in [5.74, 6) is 1.33. The van der Waals surface area contributed by atoms with Crippen molar-refractivity contribution in [2.45, 2.75) is 11.3 Å². The summed E-state index contributed by atoms with van der Waals surface area (Å²) in [4.78, 5) is 17.5. The van der Waals surface area contributed by atoms with E-state index in [0.717, 1.165) is 11.3 Å². The van der Waals surface area contributed by atoms with Crippen LogP contribution < -0.4 is 5.32 Å². The fourth-order valence-electron chi connectivity index (χ4n) is 2.20. The first kappa shape index (κ1) is 16.3. The predicted octanol–water partition coefficient (Wildman–Crippen LogP) is 3.79. The average molecular weight is 338 g/mol. The van der Waals surface area contributed by atoms with E-state index in [4.69, 9.17) is 4.42 Å². The molecule has 0 spiro atoms. The predicted molar refractivity (Wildman–Crippen MR) is 95.8 cm³/mol. The van der Waals surface area contributed by atoms with E-state index in [1.165, 1.54) is 4.90 Å². The highest BCUT2D eigenvalue weighted by Crippen LogP contribution is 2.18. The number of thioether (sulfide) groups is 1. The number of carbonyl (C=O) groups is 1. The van der Waals surface area contributed by atoms with Crippen molar-refractivity contribution in [3.63, 3.8) is 0 Å². The lowest BCUT2D eigenvalue weighted by Gasteiger charge is -2.04. The molecule has 1 heterocycles. The van der Waals surface area contributed by atoms with Crippen LogP contribution in [0.25, 0.3) is 11.5 Å². The number of nitrogens with zero attached hydrogens (tertiary/aromatic N) is 1. The molecule has 0 fully saturated rings. The lowest BCUT2D eigenvalue weighted by molar-refractivity contribution is -0.120. The Bertz CT molecular complexity index is 772. The molecule has 0 saturated carbocycles. The molecule has 24 heavy (non-hydrogen) atoms. The van der Waals surface area contributed by atoms with E-state index in [1.54, 1.807) is 18.0 Å². The molecule has 1 amide bonds. The van der Waals surface area contributed by atoms with E-state index in [1.807, 2.05) is 48.5 Å². The molecule has 0 atom stereocenters. The van der Waals surface area contributed by atoms with Gasteiger partial charge in [0.1, 0.15) is 6.26 Å². The van der Waals surface area contributed by atoms with Crippen LogP contribution in [0, 0.1) is 0 Å². The number of nitrogens with one attached hydrogen (secondary N) is 1. The summed E-state index contributed by atoms with van der Waals surface area (Å²) < 4.78 is 5.44. The van der Waals surface area contributed by atoms with E-state index in [0.29, 0.717) is 18.1 Å². The molecule has 0 bridgehead atoms. The van der Waals surface area contributed by atoms with Gasteiger partial charge in [0.25, 0.3) is 0 Å². The maximum atomic E-state index is 12.0. The van der Waals surface area contributed by atoms with Gasteiger partial charge in [0.2, 0.25) is 11.8 Å². The molecule has 1 aromatic heterocycles. The molecule has 3 rings (SSSR count). The second-order valence-electron chi connectivity index (χ2n) is 5.20. The lowest BCUT2D eigenvalue weighted by atomic mass is 10.2. The van der Waals surface area contributed by atoms with E-state index in [-0.39, 0.29) is 12.3 Å². The van der Waals surface area contributed by atoms with Gasteiger partial charge in [0.15, 0.2) is 0 Å². The highest BCUT2D eigenvalue weighted by Gasteiger charge is 2.10. The number of benzene rings is 2. The highest BCUT2D eigenvalue weighted by molar-refractivity contribution is 7.99. The quantitative estimate of drug-likeness (QED) is 0.526. The van der Waals surface area contributed by atoms with Gasteiger partial charge in [-0.15, -0.1) is 11.8 Å². The topological polar surface area (TPSA) is 55.1 Å².